The van der Waals surface area contributed by atoms with Gasteiger partial charge in [-0.15, -0.1) is 0 Å². The zero-order valence-electron chi connectivity index (χ0n) is 20.0. The van der Waals surface area contributed by atoms with Crippen molar-refractivity contribution >= 4 is 43.7 Å². The average Bonchev–Trinajstić information content (AvgIpc) is 2.89. The first-order chi connectivity index (χ1) is 17.7. The summed E-state index contributed by atoms with van der Waals surface area (Å²) in [5, 5.41) is 33.1. The minimum Gasteiger partial charge on any atom is -0.507 e. The molecule has 2 aliphatic carbocycles. The van der Waals surface area contributed by atoms with Gasteiger partial charge in [0.25, 0.3) is 0 Å². The van der Waals surface area contributed by atoms with Crippen LogP contribution in [0.1, 0.15) is 11.1 Å². The van der Waals surface area contributed by atoms with Gasteiger partial charge in [0, 0.05) is 27.2 Å². The molecule has 0 heterocycles. The Hall–Kier alpha value is -5.04. The van der Waals surface area contributed by atoms with Crippen LogP contribution in [0.5, 0.6) is 11.5 Å². The summed E-state index contributed by atoms with van der Waals surface area (Å²) in [6.45, 7) is 3.45. The molecule has 0 aromatic heterocycles. The maximum atomic E-state index is 13.6. The summed E-state index contributed by atoms with van der Waals surface area (Å²) in [5.41, 5.74) is 7.22. The van der Waals surface area contributed by atoms with E-state index in [4.69, 9.17) is 16.1 Å². The number of anilines is 1. The summed E-state index contributed by atoms with van der Waals surface area (Å²) in [6, 6.07) is 16.7. The molecule has 37 heavy (non-hydrogen) atoms. The number of hydrogen-bond donors (Lipinski definition) is 4. The van der Waals surface area contributed by atoms with E-state index in [1.165, 1.54) is 0 Å². The van der Waals surface area contributed by atoms with E-state index in [0.717, 1.165) is 0 Å². The summed E-state index contributed by atoms with van der Waals surface area (Å²) >= 11 is 0. The van der Waals surface area contributed by atoms with E-state index < -0.39 is 10.9 Å². The Bertz CT molecular complexity index is 2260. The second-order valence-corrected chi connectivity index (χ2v) is 9.27. The molecule has 4 aromatic rings. The molecule has 0 aliphatic heterocycles. The molecule has 0 radical (unpaired) electrons. The predicted molar refractivity (Wildman–Crippen MR) is 144 cm³/mol. The summed E-state index contributed by atoms with van der Waals surface area (Å²) < 4.78 is 0. The third-order valence-corrected chi connectivity index (χ3v) is 7.08. The van der Waals surface area contributed by atoms with Crippen molar-refractivity contribution in [3.05, 3.63) is 113 Å². The Balaban J connectivity index is 1.91. The molecule has 0 atom stereocenters. The molecule has 0 bridgehead atoms. The van der Waals surface area contributed by atoms with Crippen molar-refractivity contribution in [1.29, 1.82) is 5.41 Å². The van der Waals surface area contributed by atoms with Gasteiger partial charge in [0.15, 0.2) is 10.9 Å². The zero-order valence-corrected chi connectivity index (χ0v) is 20.0. The minimum atomic E-state index is -0.403. The number of nitrogens with zero attached hydrogens (tertiary/aromatic N) is 1. The van der Waals surface area contributed by atoms with E-state index in [1.807, 2.05) is 0 Å². The van der Waals surface area contributed by atoms with Gasteiger partial charge >= 0.3 is 0 Å². The molecular weight excluding hydrogens is 466 g/mol. The van der Waals surface area contributed by atoms with E-state index >= 15 is 0 Å². The highest BCUT2D eigenvalue weighted by Gasteiger charge is 2.20. The van der Waals surface area contributed by atoms with Gasteiger partial charge in [-0.25, -0.2) is 4.99 Å². The van der Waals surface area contributed by atoms with E-state index in [9.17, 15) is 19.8 Å². The van der Waals surface area contributed by atoms with E-state index in [2.05, 4.69) is 0 Å². The van der Waals surface area contributed by atoms with Gasteiger partial charge in [0.05, 0.1) is 37.6 Å². The van der Waals surface area contributed by atoms with Crippen molar-refractivity contribution in [2.24, 2.45) is 4.99 Å². The molecule has 5 N–H and O–H groups in total. The van der Waals surface area contributed by atoms with Crippen LogP contribution in [0.15, 0.2) is 75.2 Å². The predicted octanol–water partition coefficient (Wildman–Crippen LogP) is 3.79. The number of aromatic hydroxyl groups is 2. The Morgan fingerprint density at radius 2 is 1.24 bits per heavy atom. The lowest BCUT2D eigenvalue weighted by atomic mass is 9.96. The molecular formula is C30H21N3O4. The van der Waals surface area contributed by atoms with Gasteiger partial charge in [-0.3, -0.25) is 15.0 Å². The number of aryl methyl sites for hydroxylation is 2. The lowest BCUT2D eigenvalue weighted by Crippen LogP contribution is -2.30. The fraction of sp³-hybridized carbons (Fsp3) is 0.0667. The van der Waals surface area contributed by atoms with Gasteiger partial charge in [-0.1, -0.05) is 48.5 Å². The summed E-state index contributed by atoms with van der Waals surface area (Å²) in [5.74, 6) is -0.190. The van der Waals surface area contributed by atoms with Crippen molar-refractivity contribution < 1.29 is 10.2 Å². The van der Waals surface area contributed by atoms with E-state index in [1.54, 1.807) is 74.5 Å². The van der Waals surface area contributed by atoms with Crippen LogP contribution >= 0.6 is 0 Å². The van der Waals surface area contributed by atoms with Crippen LogP contribution in [-0.4, -0.2) is 10.2 Å². The minimum absolute atomic E-state index is 0.0106. The quantitative estimate of drug-likeness (QED) is 0.159. The largest absolute Gasteiger partial charge is 0.507 e. The number of rotatable bonds is 1. The maximum absolute atomic E-state index is 13.6. The molecule has 0 unspecified atom stereocenters. The number of phenolic OH excluding ortho intramolecular Hbond substituents is 2. The fourth-order valence-corrected chi connectivity index (χ4v) is 5.18. The van der Waals surface area contributed by atoms with Crippen molar-refractivity contribution in [1.82, 2.24) is 0 Å². The Kier molecular flexibility index (Phi) is 4.68. The monoisotopic (exact) mass is 487 g/mol. The topological polar surface area (TPSA) is 137 Å². The molecule has 0 fully saturated rings. The second-order valence-electron chi connectivity index (χ2n) is 9.27. The fourth-order valence-electron chi connectivity index (χ4n) is 5.18. The maximum Gasteiger partial charge on any atom is 0.196 e. The molecule has 0 saturated carbocycles. The van der Waals surface area contributed by atoms with Crippen molar-refractivity contribution in [3.63, 3.8) is 0 Å². The third kappa shape index (κ3) is 3.00. The van der Waals surface area contributed by atoms with Crippen LogP contribution < -0.4 is 27.3 Å². The normalized spacial score (nSPS) is 12.3. The van der Waals surface area contributed by atoms with Gasteiger partial charge in [-0.2, -0.15) is 0 Å². The van der Waals surface area contributed by atoms with Crippen molar-refractivity contribution in [3.8, 4) is 11.5 Å². The van der Waals surface area contributed by atoms with Gasteiger partial charge in [-0.05, 0) is 37.1 Å². The lowest BCUT2D eigenvalue weighted by Gasteiger charge is -2.15. The van der Waals surface area contributed by atoms with E-state index in [0.29, 0.717) is 27.6 Å². The first kappa shape index (κ1) is 22.4. The molecule has 0 saturated heterocycles. The SMILES string of the molecule is Cc1cc(N=c2cc(C)c(=N)c3c(=O)c4ccccc4c(=O)c2=3)c2c(O)c3ccccc3c(O)c2c1N. The first-order valence-corrected chi connectivity index (χ1v) is 11.7. The molecule has 180 valence electrons. The highest BCUT2D eigenvalue weighted by molar-refractivity contribution is 6.18. The van der Waals surface area contributed by atoms with Crippen LogP contribution in [-0.2, 0) is 0 Å². The number of phenols is 2. The molecule has 2 aliphatic rings. The standard InChI is InChI=1S/C30H21N3O4/c1-13-11-19(21-23(25(13)31)29(36)17-9-5-3-7-15(17)27(21)34)33-20-12-14(2)26(32)24-22(20)28(35)16-8-4-6-10-18(16)30(24)37/h3-12,31,35,37H,32H2,1-2H3. The van der Waals surface area contributed by atoms with Crippen LogP contribution in [0, 0.1) is 29.7 Å². The van der Waals surface area contributed by atoms with Crippen LogP contribution in [0.2, 0.25) is 0 Å². The third-order valence-electron chi connectivity index (χ3n) is 7.08. The Morgan fingerprint density at radius 1 is 0.730 bits per heavy atom. The number of nitrogens with two attached hydrogens (primary N) is 1. The van der Waals surface area contributed by atoms with Gasteiger partial charge in [0.1, 0.15) is 11.5 Å². The van der Waals surface area contributed by atoms with Gasteiger partial charge in [0.2, 0.25) is 0 Å². The number of benzene rings is 4. The second kappa shape index (κ2) is 7.73. The molecule has 6 rings (SSSR count). The smallest absolute Gasteiger partial charge is 0.196 e. The number of nitrogen functional groups attached to an aromatic ring is 1. The van der Waals surface area contributed by atoms with Crippen LogP contribution in [0.25, 0.3) is 32.3 Å². The number of hydrogen-bond acceptors (Lipinski definition) is 7. The summed E-state index contributed by atoms with van der Waals surface area (Å²) in [6.07, 6.45) is 0. The molecule has 7 heteroatoms. The molecule has 7 nitrogen and oxygen atoms in total. The summed E-state index contributed by atoms with van der Waals surface area (Å²) in [4.78, 5) is 31.8. The van der Waals surface area contributed by atoms with Crippen LogP contribution in [0.4, 0.5) is 11.4 Å². The molecule has 0 spiro atoms. The van der Waals surface area contributed by atoms with Crippen molar-refractivity contribution in [2.75, 3.05) is 5.73 Å². The molecule has 4 aromatic carbocycles. The van der Waals surface area contributed by atoms with E-state index in [-0.39, 0.29) is 59.9 Å². The average molecular weight is 488 g/mol. The lowest BCUT2D eigenvalue weighted by molar-refractivity contribution is 0.478. The number of fused-ring (bicyclic) bond motifs is 3. The molecule has 0 amide bonds. The number of nitrogens with one attached hydrogen (secondary N) is 1. The Labute approximate surface area is 208 Å². The zero-order chi connectivity index (χ0) is 26.2. The van der Waals surface area contributed by atoms with Crippen LogP contribution in [0.3, 0.4) is 0 Å². The highest BCUT2D eigenvalue weighted by atomic mass is 16.3. The summed E-state index contributed by atoms with van der Waals surface area (Å²) in [7, 11) is 0. The highest BCUT2D eigenvalue weighted by Crippen LogP contribution is 2.48. The van der Waals surface area contributed by atoms with Crippen molar-refractivity contribution in [2.45, 2.75) is 13.8 Å². The first-order valence-electron chi connectivity index (χ1n) is 11.7. The van der Waals surface area contributed by atoms with Gasteiger partial charge < -0.3 is 15.9 Å². The Morgan fingerprint density at radius 3 is 1.84 bits per heavy atom.